The third-order valence-electron chi connectivity index (χ3n) is 6.93. The number of benzene rings is 1. The highest BCUT2D eigenvalue weighted by atomic mass is 16.3. The highest BCUT2D eigenvalue weighted by Gasteiger charge is 2.50. The predicted molar refractivity (Wildman–Crippen MR) is 131 cm³/mol. The van der Waals surface area contributed by atoms with E-state index < -0.39 is 6.04 Å². The Morgan fingerprint density at radius 2 is 1.91 bits per heavy atom. The zero-order valence-corrected chi connectivity index (χ0v) is 18.8. The van der Waals surface area contributed by atoms with Gasteiger partial charge >= 0.3 is 0 Å². The van der Waals surface area contributed by atoms with Gasteiger partial charge in [0.1, 0.15) is 0 Å². The molecule has 1 aromatic carbocycles. The molecule has 0 spiro atoms. The number of aliphatic hydroxyl groups is 1. The first-order valence-corrected chi connectivity index (χ1v) is 11.7. The van der Waals surface area contributed by atoms with Crippen molar-refractivity contribution in [2.75, 3.05) is 13.2 Å². The average Bonchev–Trinajstić information content (AvgIpc) is 3.41. The van der Waals surface area contributed by atoms with Crippen molar-refractivity contribution in [2.45, 2.75) is 25.0 Å². The minimum absolute atomic E-state index is 0.0120. The minimum atomic E-state index is -0.487. The molecule has 4 atom stereocenters. The number of amides is 1. The molecular weight excluding hydrogens is 428 g/mol. The maximum Gasteiger partial charge on any atom is 0.258 e. The van der Waals surface area contributed by atoms with Crippen molar-refractivity contribution in [3.63, 3.8) is 0 Å². The summed E-state index contributed by atoms with van der Waals surface area (Å²) in [6, 6.07) is 16.9. The number of nitrogens with zero attached hydrogens (tertiary/aromatic N) is 2. The monoisotopic (exact) mass is 456 g/mol. The first kappa shape index (κ1) is 22.3. The van der Waals surface area contributed by atoms with E-state index in [-0.39, 0.29) is 36.0 Å². The summed E-state index contributed by atoms with van der Waals surface area (Å²) in [6.45, 7) is 0.895. The lowest BCUT2D eigenvalue weighted by Gasteiger charge is -2.21. The Hall–Kier alpha value is -3.55. The fourth-order valence-corrected chi connectivity index (χ4v) is 5.14. The summed E-state index contributed by atoms with van der Waals surface area (Å²) >= 11 is 0. The zero-order valence-electron chi connectivity index (χ0n) is 18.8. The number of rotatable bonds is 7. The Balaban J connectivity index is 1.28. The van der Waals surface area contributed by atoms with Gasteiger partial charge in [-0.3, -0.25) is 19.9 Å². The molecule has 3 N–H and O–H groups in total. The van der Waals surface area contributed by atoms with Crippen LogP contribution in [0.15, 0.2) is 71.8 Å². The van der Waals surface area contributed by atoms with Crippen molar-refractivity contribution in [2.24, 2.45) is 11.8 Å². The summed E-state index contributed by atoms with van der Waals surface area (Å²) in [5.74, 6) is -0.380. The van der Waals surface area contributed by atoms with Gasteiger partial charge in [0.2, 0.25) is 5.91 Å². The summed E-state index contributed by atoms with van der Waals surface area (Å²) in [4.78, 5) is 30.1. The lowest BCUT2D eigenvalue weighted by molar-refractivity contribution is -0.124. The van der Waals surface area contributed by atoms with Gasteiger partial charge in [-0.05, 0) is 47.9 Å². The number of nitrogens with one attached hydrogen (secondary N) is 2. The van der Waals surface area contributed by atoms with Crippen molar-refractivity contribution >= 4 is 18.1 Å². The highest BCUT2D eigenvalue weighted by Crippen LogP contribution is 2.42. The van der Waals surface area contributed by atoms with Gasteiger partial charge in [0.05, 0.1) is 12.1 Å². The molecule has 34 heavy (non-hydrogen) atoms. The first-order chi connectivity index (χ1) is 16.7. The molecule has 0 saturated carbocycles. The Kier molecular flexibility index (Phi) is 6.38. The van der Waals surface area contributed by atoms with E-state index in [9.17, 15) is 14.7 Å². The summed E-state index contributed by atoms with van der Waals surface area (Å²) in [7, 11) is 0. The van der Waals surface area contributed by atoms with Crippen LogP contribution in [-0.4, -0.2) is 39.8 Å². The number of hydrogen-bond acceptors (Lipinski definition) is 5. The molecule has 0 aliphatic carbocycles. The molecule has 7 nitrogen and oxygen atoms in total. The van der Waals surface area contributed by atoms with Crippen molar-refractivity contribution in [1.82, 2.24) is 20.2 Å². The largest absolute Gasteiger partial charge is 0.396 e. The van der Waals surface area contributed by atoms with E-state index in [1.165, 1.54) is 0 Å². The van der Waals surface area contributed by atoms with E-state index in [0.29, 0.717) is 18.7 Å². The molecular formula is C27H28N4O3. The molecule has 4 heterocycles. The van der Waals surface area contributed by atoms with Gasteiger partial charge in [-0.2, -0.15) is 0 Å². The summed E-state index contributed by atoms with van der Waals surface area (Å²) in [5.41, 5.74) is 3.59. The lowest BCUT2D eigenvalue weighted by atomic mass is 9.88. The molecule has 3 aromatic rings. The molecule has 1 fully saturated rings. The van der Waals surface area contributed by atoms with Crippen molar-refractivity contribution in [1.29, 1.82) is 0 Å². The molecule has 174 valence electrons. The topological polar surface area (TPSA) is 96.3 Å². The molecule has 0 unspecified atom stereocenters. The van der Waals surface area contributed by atoms with Gasteiger partial charge in [0.25, 0.3) is 5.56 Å². The van der Waals surface area contributed by atoms with Crippen LogP contribution < -0.4 is 16.2 Å². The minimum Gasteiger partial charge on any atom is -0.396 e. The van der Waals surface area contributed by atoms with Gasteiger partial charge in [-0.1, -0.05) is 36.4 Å². The standard InChI is InChI=1S/C27H28N4O3/c32-17-22-21-16-31-23(9-8-20(27(31)34)7-6-18-4-2-1-3-5-18)24(21)30-25(22)26(33)29-15-12-19-10-13-28-14-11-19/h1-11,13-14,21-22,24-25,30,32H,12,15-17H2,(H,29,33)/t21-,22-,24+,25-/m1/s1. The molecule has 0 bridgehead atoms. The number of fused-ring (bicyclic) bond motifs is 3. The number of pyridine rings is 2. The van der Waals surface area contributed by atoms with Crippen LogP contribution in [0.2, 0.25) is 0 Å². The SMILES string of the molecule is O=C(NCCc1ccncc1)[C@@H]1N[C@@H]2c3ccc(C=Cc4ccccc4)c(=O)n3C[C@@H]2[C@H]1CO. The van der Waals surface area contributed by atoms with E-state index in [0.717, 1.165) is 23.2 Å². The van der Waals surface area contributed by atoms with E-state index in [2.05, 4.69) is 15.6 Å². The molecule has 7 heteroatoms. The predicted octanol–water partition coefficient (Wildman–Crippen LogP) is 2.02. The second-order valence-corrected chi connectivity index (χ2v) is 8.90. The van der Waals surface area contributed by atoms with Crippen LogP contribution >= 0.6 is 0 Å². The van der Waals surface area contributed by atoms with Crippen molar-refractivity contribution in [3.8, 4) is 0 Å². The molecule has 2 aliphatic heterocycles. The van der Waals surface area contributed by atoms with Crippen LogP contribution in [-0.2, 0) is 17.8 Å². The van der Waals surface area contributed by atoms with Gasteiger partial charge in [0, 0.05) is 55.2 Å². The van der Waals surface area contributed by atoms with E-state index in [1.54, 1.807) is 17.0 Å². The first-order valence-electron chi connectivity index (χ1n) is 11.7. The van der Waals surface area contributed by atoms with Crippen molar-refractivity contribution < 1.29 is 9.90 Å². The molecule has 5 rings (SSSR count). The smallest absolute Gasteiger partial charge is 0.258 e. The Labute approximate surface area is 198 Å². The van der Waals surface area contributed by atoms with Crippen LogP contribution in [0.5, 0.6) is 0 Å². The molecule has 2 aromatic heterocycles. The summed E-state index contributed by atoms with van der Waals surface area (Å²) < 4.78 is 1.78. The molecule has 1 saturated heterocycles. The van der Waals surface area contributed by atoms with E-state index in [4.69, 9.17) is 0 Å². The van der Waals surface area contributed by atoms with E-state index >= 15 is 0 Å². The maximum atomic E-state index is 13.1. The van der Waals surface area contributed by atoms with Gasteiger partial charge in [-0.25, -0.2) is 0 Å². The van der Waals surface area contributed by atoms with Gasteiger partial charge < -0.3 is 15.0 Å². The number of hydrogen-bond donors (Lipinski definition) is 3. The lowest BCUT2D eigenvalue weighted by Crippen LogP contribution is -2.46. The van der Waals surface area contributed by atoms with Crippen molar-refractivity contribution in [3.05, 3.63) is 99.7 Å². The van der Waals surface area contributed by atoms with Gasteiger partial charge in [0.15, 0.2) is 0 Å². The normalized spacial score (nSPS) is 23.1. The van der Waals surface area contributed by atoms with Gasteiger partial charge in [-0.15, -0.1) is 0 Å². The number of aliphatic hydroxyl groups excluding tert-OH is 1. The third-order valence-corrected chi connectivity index (χ3v) is 6.93. The highest BCUT2D eigenvalue weighted by molar-refractivity contribution is 5.82. The van der Waals surface area contributed by atoms with E-state index in [1.807, 2.05) is 66.7 Å². The second-order valence-electron chi connectivity index (χ2n) is 8.90. The quantitative estimate of drug-likeness (QED) is 0.506. The fourth-order valence-electron chi connectivity index (χ4n) is 5.14. The van der Waals surface area contributed by atoms with Crippen LogP contribution in [0, 0.1) is 11.8 Å². The number of aromatic nitrogens is 2. The van der Waals surface area contributed by atoms with Crippen LogP contribution in [0.3, 0.4) is 0 Å². The van der Waals surface area contributed by atoms with Crippen LogP contribution in [0.4, 0.5) is 0 Å². The number of carbonyl (C=O) groups is 1. The second kappa shape index (κ2) is 9.75. The fraction of sp³-hybridized carbons (Fsp3) is 0.296. The van der Waals surface area contributed by atoms with Crippen LogP contribution in [0.25, 0.3) is 12.2 Å². The molecule has 0 radical (unpaired) electrons. The summed E-state index contributed by atoms with van der Waals surface area (Å²) in [5, 5.41) is 16.5. The zero-order chi connectivity index (χ0) is 23.5. The Bertz CT molecular complexity index is 1240. The maximum absolute atomic E-state index is 13.1. The Morgan fingerprint density at radius 1 is 1.12 bits per heavy atom. The number of carbonyl (C=O) groups excluding carboxylic acids is 1. The Morgan fingerprint density at radius 3 is 2.68 bits per heavy atom. The van der Waals surface area contributed by atoms with Crippen LogP contribution in [0.1, 0.15) is 28.4 Å². The molecule has 1 amide bonds. The third kappa shape index (κ3) is 4.32. The summed E-state index contributed by atoms with van der Waals surface area (Å²) in [6.07, 6.45) is 7.96. The molecule has 2 aliphatic rings. The average molecular weight is 457 g/mol.